The number of nitrogens with zero attached hydrogens (tertiary/aromatic N) is 3. The minimum atomic E-state index is -0.762. The summed E-state index contributed by atoms with van der Waals surface area (Å²) < 4.78 is 11.3. The van der Waals surface area contributed by atoms with Crippen molar-refractivity contribution in [2.75, 3.05) is 26.3 Å². The van der Waals surface area contributed by atoms with Crippen LogP contribution in [0.5, 0.6) is 6.01 Å². The number of hydrogen-bond acceptors (Lipinski definition) is 6. The van der Waals surface area contributed by atoms with Gasteiger partial charge in [0.25, 0.3) is 6.01 Å². The van der Waals surface area contributed by atoms with Crippen molar-refractivity contribution < 1.29 is 19.4 Å². The van der Waals surface area contributed by atoms with E-state index >= 15 is 0 Å². The summed E-state index contributed by atoms with van der Waals surface area (Å²) in [5, 5.41) is 9.45. The second-order valence-corrected chi connectivity index (χ2v) is 8.76. The third-order valence-electron chi connectivity index (χ3n) is 6.19. The zero-order valence-corrected chi connectivity index (χ0v) is 17.9. The normalized spacial score (nSPS) is 23.8. The SMILES string of the molecule is O=C(O)CC1CC(Oc2nc3nc(C4=CC=C(N5CCOCC5)CC4)c(Cl)cc3[nH]2)C1. The van der Waals surface area contributed by atoms with Crippen molar-refractivity contribution in [1.29, 1.82) is 0 Å². The maximum Gasteiger partial charge on any atom is 0.303 e. The number of allylic oxidation sites excluding steroid dienone is 4. The number of halogens is 1. The molecule has 0 amide bonds. The summed E-state index contributed by atoms with van der Waals surface area (Å²) in [7, 11) is 0. The summed E-state index contributed by atoms with van der Waals surface area (Å²) in [6, 6.07) is 2.25. The number of carboxylic acid groups (broad SMARTS) is 1. The van der Waals surface area contributed by atoms with Crippen LogP contribution in [0.15, 0.2) is 23.9 Å². The maximum atomic E-state index is 10.8. The van der Waals surface area contributed by atoms with E-state index in [9.17, 15) is 4.79 Å². The molecule has 0 radical (unpaired) electrons. The first kappa shape index (κ1) is 20.3. The molecule has 1 saturated carbocycles. The van der Waals surface area contributed by atoms with Gasteiger partial charge in [-0.15, -0.1) is 0 Å². The third-order valence-corrected chi connectivity index (χ3v) is 6.48. The molecule has 5 rings (SSSR count). The standard InChI is InChI=1S/C22H25ClN4O4/c23-17-12-18-21(26-22(24-18)31-16-9-13(10-16)11-19(28)29)25-20(17)14-1-3-15(4-2-14)27-5-7-30-8-6-27/h1,3,12-13,16H,2,4-11H2,(H,28,29)(H,24,25,26). The van der Waals surface area contributed by atoms with E-state index in [1.54, 1.807) is 0 Å². The fourth-order valence-electron chi connectivity index (χ4n) is 4.46. The molecule has 2 aliphatic carbocycles. The molecule has 9 heteroatoms. The van der Waals surface area contributed by atoms with E-state index in [1.807, 2.05) is 6.07 Å². The van der Waals surface area contributed by atoms with Gasteiger partial charge in [0, 0.05) is 25.2 Å². The molecule has 8 nitrogen and oxygen atoms in total. The zero-order chi connectivity index (χ0) is 21.4. The molecule has 2 aromatic rings. The van der Waals surface area contributed by atoms with Crippen molar-refractivity contribution in [2.24, 2.45) is 5.92 Å². The van der Waals surface area contributed by atoms with Gasteiger partial charge in [0.05, 0.1) is 29.4 Å². The first-order valence-corrected chi connectivity index (χ1v) is 11.1. The van der Waals surface area contributed by atoms with Gasteiger partial charge in [-0.2, -0.15) is 4.98 Å². The Morgan fingerprint density at radius 1 is 1.26 bits per heavy atom. The largest absolute Gasteiger partial charge is 0.481 e. The Morgan fingerprint density at radius 3 is 2.77 bits per heavy atom. The number of carbonyl (C=O) groups is 1. The summed E-state index contributed by atoms with van der Waals surface area (Å²) in [6.45, 7) is 3.44. The smallest absolute Gasteiger partial charge is 0.303 e. The van der Waals surface area contributed by atoms with Crippen LogP contribution in [0.2, 0.25) is 5.02 Å². The van der Waals surface area contributed by atoms with Crippen molar-refractivity contribution >= 4 is 34.3 Å². The summed E-state index contributed by atoms with van der Waals surface area (Å²) in [4.78, 5) is 25.5. The lowest BCUT2D eigenvalue weighted by Gasteiger charge is -2.33. The van der Waals surface area contributed by atoms with Crippen LogP contribution in [-0.4, -0.2) is 63.3 Å². The Kier molecular flexibility index (Phi) is 5.58. The average Bonchev–Trinajstić information content (AvgIpc) is 3.13. The van der Waals surface area contributed by atoms with E-state index < -0.39 is 5.97 Å². The van der Waals surface area contributed by atoms with E-state index in [0.717, 1.165) is 68.8 Å². The van der Waals surface area contributed by atoms with Gasteiger partial charge >= 0.3 is 5.97 Å². The van der Waals surface area contributed by atoms with Gasteiger partial charge in [0.15, 0.2) is 5.65 Å². The van der Waals surface area contributed by atoms with Crippen LogP contribution >= 0.6 is 11.6 Å². The Balaban J connectivity index is 1.29. The minimum absolute atomic E-state index is 0.00958. The molecular weight excluding hydrogens is 420 g/mol. The molecule has 0 spiro atoms. The zero-order valence-electron chi connectivity index (χ0n) is 17.1. The van der Waals surface area contributed by atoms with E-state index in [4.69, 9.17) is 31.2 Å². The van der Waals surface area contributed by atoms with E-state index in [2.05, 4.69) is 27.0 Å². The first-order chi connectivity index (χ1) is 15.0. The number of carboxylic acids is 1. The number of H-pyrrole nitrogens is 1. The van der Waals surface area contributed by atoms with Crippen LogP contribution in [-0.2, 0) is 9.53 Å². The van der Waals surface area contributed by atoms with E-state index in [-0.39, 0.29) is 18.4 Å². The Labute approximate surface area is 184 Å². The van der Waals surface area contributed by atoms with Crippen LogP contribution in [0.3, 0.4) is 0 Å². The van der Waals surface area contributed by atoms with Gasteiger partial charge in [-0.25, -0.2) is 4.98 Å². The molecule has 31 heavy (non-hydrogen) atoms. The Hall–Kier alpha value is -2.58. The number of hydrogen-bond donors (Lipinski definition) is 2. The lowest BCUT2D eigenvalue weighted by Crippen LogP contribution is -2.35. The second-order valence-electron chi connectivity index (χ2n) is 8.36. The fraction of sp³-hybridized carbons (Fsp3) is 0.500. The topological polar surface area (TPSA) is 101 Å². The summed E-state index contributed by atoms with van der Waals surface area (Å²) >= 11 is 6.55. The van der Waals surface area contributed by atoms with Crippen LogP contribution in [0.4, 0.5) is 0 Å². The number of rotatable bonds is 6. The molecule has 2 aromatic heterocycles. The molecule has 2 N–H and O–H groups in total. The third kappa shape index (κ3) is 4.41. The van der Waals surface area contributed by atoms with Gasteiger partial charge in [-0.3, -0.25) is 4.79 Å². The number of morpholine rings is 1. The molecule has 2 fully saturated rings. The Bertz CT molecular complexity index is 1050. The molecule has 1 aliphatic heterocycles. The number of imidazole rings is 1. The van der Waals surface area contributed by atoms with Crippen molar-refractivity contribution in [3.8, 4) is 6.01 Å². The van der Waals surface area contributed by atoms with Crippen LogP contribution in [0.1, 0.15) is 37.8 Å². The van der Waals surface area contributed by atoms with Crippen molar-refractivity contribution in [2.45, 2.75) is 38.2 Å². The van der Waals surface area contributed by atoms with Gasteiger partial charge in [0.1, 0.15) is 6.10 Å². The molecule has 0 unspecified atom stereocenters. The average molecular weight is 445 g/mol. The molecule has 0 atom stereocenters. The van der Waals surface area contributed by atoms with Gasteiger partial charge in [0.2, 0.25) is 0 Å². The van der Waals surface area contributed by atoms with Crippen LogP contribution in [0, 0.1) is 5.92 Å². The number of fused-ring (bicyclic) bond motifs is 1. The highest BCUT2D eigenvalue weighted by molar-refractivity contribution is 6.32. The molecule has 3 aliphatic rings. The number of aromatic nitrogens is 3. The number of ether oxygens (including phenoxy) is 2. The lowest BCUT2D eigenvalue weighted by atomic mass is 9.80. The summed E-state index contributed by atoms with van der Waals surface area (Å²) in [5.41, 5.74) is 4.49. The number of aliphatic carboxylic acids is 1. The van der Waals surface area contributed by atoms with E-state index in [0.29, 0.717) is 16.7 Å². The minimum Gasteiger partial charge on any atom is -0.481 e. The monoisotopic (exact) mass is 444 g/mol. The highest BCUT2D eigenvalue weighted by Crippen LogP contribution is 2.35. The van der Waals surface area contributed by atoms with E-state index in [1.165, 1.54) is 5.70 Å². The number of pyridine rings is 1. The van der Waals surface area contributed by atoms with Gasteiger partial charge in [-0.05, 0) is 49.3 Å². The highest BCUT2D eigenvalue weighted by Gasteiger charge is 2.33. The highest BCUT2D eigenvalue weighted by atomic mass is 35.5. The summed E-state index contributed by atoms with van der Waals surface area (Å²) in [6.07, 6.45) is 7.74. The lowest BCUT2D eigenvalue weighted by molar-refractivity contribution is -0.139. The van der Waals surface area contributed by atoms with Crippen molar-refractivity contribution in [3.05, 3.63) is 34.6 Å². The Morgan fingerprint density at radius 2 is 2.06 bits per heavy atom. The van der Waals surface area contributed by atoms with Gasteiger partial charge < -0.3 is 24.5 Å². The second kappa shape index (κ2) is 8.51. The molecule has 0 aromatic carbocycles. The van der Waals surface area contributed by atoms with Crippen LogP contribution < -0.4 is 4.74 Å². The predicted molar refractivity (Wildman–Crippen MR) is 116 cm³/mol. The number of aromatic amines is 1. The van der Waals surface area contributed by atoms with Crippen LogP contribution in [0.25, 0.3) is 16.7 Å². The fourth-order valence-corrected chi connectivity index (χ4v) is 4.73. The molecule has 1 saturated heterocycles. The molecule has 0 bridgehead atoms. The molecular formula is C22H25ClN4O4. The molecule has 164 valence electrons. The number of nitrogens with one attached hydrogen (secondary N) is 1. The van der Waals surface area contributed by atoms with Gasteiger partial charge in [-0.1, -0.05) is 17.7 Å². The van der Waals surface area contributed by atoms with Crippen molar-refractivity contribution in [1.82, 2.24) is 19.9 Å². The first-order valence-electron chi connectivity index (χ1n) is 10.7. The van der Waals surface area contributed by atoms with Crippen molar-refractivity contribution in [3.63, 3.8) is 0 Å². The molecule has 3 heterocycles. The predicted octanol–water partition coefficient (Wildman–Crippen LogP) is 3.64. The quantitative estimate of drug-likeness (QED) is 0.701. The maximum absolute atomic E-state index is 10.8. The summed E-state index contributed by atoms with van der Waals surface area (Å²) in [5.74, 6) is -0.581.